The van der Waals surface area contributed by atoms with Crippen molar-refractivity contribution in [2.45, 2.75) is 13.5 Å². The quantitative estimate of drug-likeness (QED) is 0.339. The van der Waals surface area contributed by atoms with Gasteiger partial charge in [0.05, 0.1) is 16.4 Å². The van der Waals surface area contributed by atoms with Crippen LogP contribution in [0.15, 0.2) is 71.7 Å². The molecule has 3 aromatic carbocycles. The minimum absolute atomic E-state index is 0.504. The predicted molar refractivity (Wildman–Crippen MR) is 115 cm³/mol. The number of para-hydroxylation sites is 1. The van der Waals surface area contributed by atoms with Crippen molar-refractivity contribution < 1.29 is 9.47 Å². The number of hydrogen-bond acceptors (Lipinski definition) is 3. The van der Waals surface area contributed by atoms with E-state index in [9.17, 15) is 0 Å². The van der Waals surface area contributed by atoms with Crippen LogP contribution in [0, 0.1) is 10.5 Å². The number of benzene rings is 3. The Hall–Kier alpha value is -2.34. The number of hydrogen-bond donors (Lipinski definition) is 0. The summed E-state index contributed by atoms with van der Waals surface area (Å²) in [5.74, 6) is 1.46. The second kappa shape index (κ2) is 8.85. The van der Waals surface area contributed by atoms with Gasteiger partial charge in [0.1, 0.15) is 6.61 Å². The average Bonchev–Trinajstić information content (AvgIpc) is 2.67. The van der Waals surface area contributed by atoms with Crippen molar-refractivity contribution in [3.05, 3.63) is 87.0 Å². The molecule has 0 N–H and O–H groups in total. The van der Waals surface area contributed by atoms with E-state index in [1.165, 1.54) is 0 Å². The second-order valence-corrected chi connectivity index (χ2v) is 7.02. The largest absolute Gasteiger partial charge is 0.493 e. The summed E-state index contributed by atoms with van der Waals surface area (Å²) in [6.45, 7) is 2.56. The Kier molecular flexibility index (Phi) is 6.28. The fraction of sp³-hybridized carbons (Fsp3) is 0.136. The highest BCUT2D eigenvalue weighted by atomic mass is 127. The van der Waals surface area contributed by atoms with Crippen molar-refractivity contribution in [1.29, 1.82) is 0 Å². The van der Waals surface area contributed by atoms with Crippen LogP contribution >= 0.6 is 22.6 Å². The van der Waals surface area contributed by atoms with E-state index in [1.54, 1.807) is 7.11 Å². The summed E-state index contributed by atoms with van der Waals surface area (Å²) in [6, 6.07) is 22.2. The van der Waals surface area contributed by atoms with Crippen molar-refractivity contribution in [3.63, 3.8) is 0 Å². The molecule has 0 fully saturated rings. The van der Waals surface area contributed by atoms with Gasteiger partial charge in [0, 0.05) is 6.21 Å². The lowest BCUT2D eigenvalue weighted by Crippen LogP contribution is -2.00. The second-order valence-electron chi connectivity index (χ2n) is 5.85. The Bertz CT molecular complexity index is 907. The zero-order valence-electron chi connectivity index (χ0n) is 14.8. The van der Waals surface area contributed by atoms with Crippen molar-refractivity contribution in [2.75, 3.05) is 7.11 Å². The molecule has 0 aromatic heterocycles. The van der Waals surface area contributed by atoms with Crippen LogP contribution < -0.4 is 9.47 Å². The molecule has 3 aromatic rings. The van der Waals surface area contributed by atoms with Gasteiger partial charge in [-0.25, -0.2) is 0 Å². The third-order valence-electron chi connectivity index (χ3n) is 3.95. The Balaban J connectivity index is 1.82. The zero-order chi connectivity index (χ0) is 18.4. The smallest absolute Gasteiger partial charge is 0.174 e. The van der Waals surface area contributed by atoms with Gasteiger partial charge in [-0.2, -0.15) is 0 Å². The van der Waals surface area contributed by atoms with Crippen LogP contribution in [0.1, 0.15) is 16.7 Å². The minimum atomic E-state index is 0.504. The standard InChI is InChI=1S/C22H20INO2/c1-16-8-6-7-11-20(16)24-14-18-12-19(23)22(21(13-18)25-2)26-15-17-9-4-3-5-10-17/h3-14H,15H2,1-2H3. The molecule has 0 bridgehead atoms. The van der Waals surface area contributed by atoms with Crippen LogP contribution in [0.2, 0.25) is 0 Å². The Morgan fingerprint density at radius 2 is 1.73 bits per heavy atom. The summed E-state index contributed by atoms with van der Waals surface area (Å²) in [6.07, 6.45) is 1.86. The first-order chi connectivity index (χ1) is 12.7. The van der Waals surface area contributed by atoms with Gasteiger partial charge in [0.2, 0.25) is 0 Å². The lowest BCUT2D eigenvalue weighted by molar-refractivity contribution is 0.282. The third kappa shape index (κ3) is 4.64. The van der Waals surface area contributed by atoms with Crippen LogP contribution in [0.4, 0.5) is 5.69 Å². The van der Waals surface area contributed by atoms with Crippen LogP contribution in [-0.2, 0) is 6.61 Å². The maximum absolute atomic E-state index is 6.00. The van der Waals surface area contributed by atoms with Crippen LogP contribution in [0.25, 0.3) is 0 Å². The van der Waals surface area contributed by atoms with E-state index in [1.807, 2.05) is 66.9 Å². The molecule has 3 rings (SSSR count). The van der Waals surface area contributed by atoms with Crippen LogP contribution in [0.3, 0.4) is 0 Å². The van der Waals surface area contributed by atoms with E-state index in [0.29, 0.717) is 12.4 Å². The summed E-state index contributed by atoms with van der Waals surface area (Å²) in [7, 11) is 1.66. The van der Waals surface area contributed by atoms with Gasteiger partial charge in [-0.3, -0.25) is 4.99 Å². The first-order valence-corrected chi connectivity index (χ1v) is 9.39. The summed E-state index contributed by atoms with van der Waals surface area (Å²) in [4.78, 5) is 4.59. The molecular formula is C22H20INO2. The van der Waals surface area contributed by atoms with Gasteiger partial charge < -0.3 is 9.47 Å². The van der Waals surface area contributed by atoms with E-state index in [2.05, 4.69) is 40.6 Å². The summed E-state index contributed by atoms with van der Waals surface area (Å²) >= 11 is 2.27. The molecule has 26 heavy (non-hydrogen) atoms. The van der Waals surface area contributed by atoms with Crippen molar-refractivity contribution in [2.24, 2.45) is 4.99 Å². The highest BCUT2D eigenvalue weighted by molar-refractivity contribution is 14.1. The molecule has 3 nitrogen and oxygen atoms in total. The first kappa shape index (κ1) is 18.5. The maximum atomic E-state index is 6.00. The SMILES string of the molecule is COc1cc(C=Nc2ccccc2C)cc(I)c1OCc1ccccc1. The van der Waals surface area contributed by atoms with E-state index in [4.69, 9.17) is 9.47 Å². The lowest BCUT2D eigenvalue weighted by Gasteiger charge is -2.13. The number of nitrogens with zero attached hydrogens (tertiary/aromatic N) is 1. The Labute approximate surface area is 167 Å². The molecule has 0 heterocycles. The van der Waals surface area contributed by atoms with Crippen LogP contribution in [-0.4, -0.2) is 13.3 Å². The van der Waals surface area contributed by atoms with Gasteiger partial charge in [-0.05, 0) is 64.4 Å². The van der Waals surface area contributed by atoms with Gasteiger partial charge >= 0.3 is 0 Å². The number of aliphatic imine (C=N–C) groups is 1. The van der Waals surface area contributed by atoms with Gasteiger partial charge in [-0.1, -0.05) is 48.5 Å². The predicted octanol–water partition coefficient (Wildman–Crippen LogP) is 5.94. The normalized spacial score (nSPS) is 10.9. The van der Waals surface area contributed by atoms with E-state index < -0.39 is 0 Å². The molecular weight excluding hydrogens is 437 g/mol. The molecule has 0 saturated heterocycles. The molecule has 0 aliphatic rings. The third-order valence-corrected chi connectivity index (χ3v) is 4.75. The van der Waals surface area contributed by atoms with E-state index in [0.717, 1.165) is 31.7 Å². The molecule has 0 spiro atoms. The highest BCUT2D eigenvalue weighted by Gasteiger charge is 2.11. The molecule has 4 heteroatoms. The number of aryl methyl sites for hydroxylation is 1. The average molecular weight is 457 g/mol. The summed E-state index contributed by atoms with van der Waals surface area (Å²) in [5, 5.41) is 0. The minimum Gasteiger partial charge on any atom is -0.493 e. The van der Waals surface area contributed by atoms with Crippen molar-refractivity contribution >= 4 is 34.5 Å². The number of ether oxygens (including phenoxy) is 2. The first-order valence-electron chi connectivity index (χ1n) is 8.31. The Morgan fingerprint density at radius 3 is 2.46 bits per heavy atom. The summed E-state index contributed by atoms with van der Waals surface area (Å²) < 4.78 is 12.5. The molecule has 0 saturated carbocycles. The molecule has 0 unspecified atom stereocenters. The van der Waals surface area contributed by atoms with Gasteiger partial charge in [0.15, 0.2) is 11.5 Å². The van der Waals surface area contributed by atoms with Gasteiger partial charge in [-0.15, -0.1) is 0 Å². The molecule has 132 valence electrons. The van der Waals surface area contributed by atoms with Crippen LogP contribution in [0.5, 0.6) is 11.5 Å². The summed E-state index contributed by atoms with van der Waals surface area (Å²) in [5.41, 5.74) is 4.20. The molecule has 0 amide bonds. The maximum Gasteiger partial charge on any atom is 0.174 e. The topological polar surface area (TPSA) is 30.8 Å². The molecule has 0 radical (unpaired) electrons. The Morgan fingerprint density at radius 1 is 1.00 bits per heavy atom. The zero-order valence-corrected chi connectivity index (χ0v) is 16.9. The van der Waals surface area contributed by atoms with Crippen molar-refractivity contribution in [1.82, 2.24) is 0 Å². The van der Waals surface area contributed by atoms with E-state index >= 15 is 0 Å². The monoisotopic (exact) mass is 457 g/mol. The number of rotatable bonds is 6. The number of methoxy groups -OCH3 is 1. The lowest BCUT2D eigenvalue weighted by atomic mass is 10.2. The fourth-order valence-corrected chi connectivity index (χ4v) is 3.32. The van der Waals surface area contributed by atoms with E-state index in [-0.39, 0.29) is 0 Å². The molecule has 0 atom stereocenters. The highest BCUT2D eigenvalue weighted by Crippen LogP contribution is 2.34. The van der Waals surface area contributed by atoms with Gasteiger partial charge in [0.25, 0.3) is 0 Å². The van der Waals surface area contributed by atoms with Crippen molar-refractivity contribution in [3.8, 4) is 11.5 Å². The fourth-order valence-electron chi connectivity index (χ4n) is 2.54. The molecule has 0 aliphatic carbocycles. The number of halogens is 1. The molecule has 0 aliphatic heterocycles.